The van der Waals surface area contributed by atoms with Crippen LogP contribution >= 0.6 is 0 Å². The second-order valence-electron chi connectivity index (χ2n) is 6.31. The van der Waals surface area contributed by atoms with Gasteiger partial charge in [0.25, 0.3) is 0 Å². The van der Waals surface area contributed by atoms with E-state index in [1.165, 1.54) is 44.9 Å². The molecule has 0 aliphatic heterocycles. The summed E-state index contributed by atoms with van der Waals surface area (Å²) in [6.07, 6.45) is 24.7. The standard InChI is InChI=1S/C21H36O/c1-4-5-6-7-8-9-10-11-12-13-14-15-16-17-18-19-21(22)20(2)3/h7-12,20H,4-6,13-19H2,1-3H3/b8-7+,10-9+,12-11-. The fourth-order valence-electron chi connectivity index (χ4n) is 2.18. The molecule has 0 amide bonds. The zero-order chi connectivity index (χ0) is 16.5. The molecule has 0 N–H and O–H groups in total. The van der Waals surface area contributed by atoms with Crippen LogP contribution in [-0.2, 0) is 4.79 Å². The summed E-state index contributed by atoms with van der Waals surface area (Å²) in [5.74, 6) is 0.623. The third-order valence-corrected chi connectivity index (χ3v) is 3.77. The van der Waals surface area contributed by atoms with Gasteiger partial charge < -0.3 is 0 Å². The molecule has 126 valence electrons. The van der Waals surface area contributed by atoms with Crippen molar-refractivity contribution in [3.63, 3.8) is 0 Å². The van der Waals surface area contributed by atoms with Gasteiger partial charge in [-0.05, 0) is 25.7 Å². The van der Waals surface area contributed by atoms with E-state index in [-0.39, 0.29) is 5.92 Å². The zero-order valence-corrected chi connectivity index (χ0v) is 15.0. The predicted molar refractivity (Wildman–Crippen MR) is 99.1 cm³/mol. The second-order valence-corrected chi connectivity index (χ2v) is 6.31. The lowest BCUT2D eigenvalue weighted by molar-refractivity contribution is -0.122. The van der Waals surface area contributed by atoms with Gasteiger partial charge in [-0.2, -0.15) is 0 Å². The molecule has 0 heterocycles. The molecule has 0 bridgehead atoms. The highest BCUT2D eigenvalue weighted by Gasteiger charge is 2.05. The van der Waals surface area contributed by atoms with Gasteiger partial charge in [0.1, 0.15) is 5.78 Å². The molecule has 0 aliphatic rings. The molecule has 1 nitrogen and oxygen atoms in total. The topological polar surface area (TPSA) is 17.1 Å². The number of unbranched alkanes of at least 4 members (excludes halogenated alkanes) is 7. The highest BCUT2D eigenvalue weighted by Crippen LogP contribution is 2.10. The molecule has 0 aromatic heterocycles. The lowest BCUT2D eigenvalue weighted by Crippen LogP contribution is -2.05. The van der Waals surface area contributed by atoms with Crippen LogP contribution in [0.5, 0.6) is 0 Å². The molecular weight excluding hydrogens is 268 g/mol. The number of ketones is 1. The van der Waals surface area contributed by atoms with Crippen molar-refractivity contribution in [1.82, 2.24) is 0 Å². The van der Waals surface area contributed by atoms with E-state index in [4.69, 9.17) is 0 Å². The summed E-state index contributed by atoms with van der Waals surface area (Å²) in [6.45, 7) is 6.20. The van der Waals surface area contributed by atoms with E-state index in [2.05, 4.69) is 43.4 Å². The number of carbonyl (C=O) groups excluding carboxylic acids is 1. The molecule has 0 aromatic carbocycles. The average Bonchev–Trinajstić information content (AvgIpc) is 2.50. The first-order chi connectivity index (χ1) is 10.7. The van der Waals surface area contributed by atoms with Crippen LogP contribution in [0, 0.1) is 5.92 Å². The highest BCUT2D eigenvalue weighted by molar-refractivity contribution is 5.80. The van der Waals surface area contributed by atoms with Gasteiger partial charge in [0.2, 0.25) is 0 Å². The summed E-state index contributed by atoms with van der Waals surface area (Å²) in [5.41, 5.74) is 0. The normalized spacial score (nSPS) is 12.4. The van der Waals surface area contributed by atoms with E-state index in [9.17, 15) is 4.79 Å². The van der Waals surface area contributed by atoms with Crippen LogP contribution in [0.1, 0.15) is 85.0 Å². The van der Waals surface area contributed by atoms with Crippen LogP contribution in [0.25, 0.3) is 0 Å². The van der Waals surface area contributed by atoms with E-state index >= 15 is 0 Å². The molecule has 0 aliphatic carbocycles. The Morgan fingerprint density at radius 2 is 1.32 bits per heavy atom. The number of rotatable bonds is 14. The van der Waals surface area contributed by atoms with Crippen molar-refractivity contribution in [3.8, 4) is 0 Å². The number of hydrogen-bond acceptors (Lipinski definition) is 1. The van der Waals surface area contributed by atoms with E-state index < -0.39 is 0 Å². The maximum absolute atomic E-state index is 11.5. The van der Waals surface area contributed by atoms with Gasteiger partial charge in [-0.1, -0.05) is 89.3 Å². The van der Waals surface area contributed by atoms with Crippen molar-refractivity contribution < 1.29 is 4.79 Å². The lowest BCUT2D eigenvalue weighted by atomic mass is 10.0. The Kier molecular flexibility index (Phi) is 15.4. The maximum atomic E-state index is 11.5. The Morgan fingerprint density at radius 3 is 1.91 bits per heavy atom. The molecule has 0 fully saturated rings. The molecule has 0 spiro atoms. The van der Waals surface area contributed by atoms with Crippen LogP contribution in [-0.4, -0.2) is 5.78 Å². The third kappa shape index (κ3) is 15.3. The number of allylic oxidation sites excluding steroid dienone is 6. The van der Waals surface area contributed by atoms with Crippen LogP contribution in [0.4, 0.5) is 0 Å². The molecule has 0 unspecified atom stereocenters. The maximum Gasteiger partial charge on any atom is 0.135 e. The summed E-state index contributed by atoms with van der Waals surface area (Å²) >= 11 is 0. The molecule has 0 aromatic rings. The van der Waals surface area contributed by atoms with Gasteiger partial charge in [0, 0.05) is 12.3 Å². The Balaban J connectivity index is 3.35. The van der Waals surface area contributed by atoms with Crippen molar-refractivity contribution in [2.24, 2.45) is 5.92 Å². The van der Waals surface area contributed by atoms with E-state index in [1.807, 2.05) is 13.8 Å². The first-order valence-electron chi connectivity index (χ1n) is 9.19. The van der Waals surface area contributed by atoms with Gasteiger partial charge in [-0.25, -0.2) is 0 Å². The summed E-state index contributed by atoms with van der Waals surface area (Å²) in [5, 5.41) is 0. The average molecular weight is 305 g/mol. The van der Waals surface area contributed by atoms with Crippen LogP contribution in [0.15, 0.2) is 36.5 Å². The minimum atomic E-state index is 0.208. The van der Waals surface area contributed by atoms with Crippen LogP contribution < -0.4 is 0 Å². The summed E-state index contributed by atoms with van der Waals surface area (Å²) < 4.78 is 0. The first-order valence-corrected chi connectivity index (χ1v) is 9.19. The smallest absolute Gasteiger partial charge is 0.135 e. The fourth-order valence-corrected chi connectivity index (χ4v) is 2.18. The molecule has 0 radical (unpaired) electrons. The molecule has 22 heavy (non-hydrogen) atoms. The van der Waals surface area contributed by atoms with E-state index in [0.717, 1.165) is 19.3 Å². The number of hydrogen-bond donors (Lipinski definition) is 0. The van der Waals surface area contributed by atoms with Crippen LogP contribution in [0.3, 0.4) is 0 Å². The quantitative estimate of drug-likeness (QED) is 0.255. The molecule has 0 atom stereocenters. The van der Waals surface area contributed by atoms with Crippen molar-refractivity contribution in [2.45, 2.75) is 85.0 Å². The third-order valence-electron chi connectivity index (χ3n) is 3.77. The Labute approximate surface area is 138 Å². The van der Waals surface area contributed by atoms with Gasteiger partial charge in [-0.15, -0.1) is 0 Å². The van der Waals surface area contributed by atoms with Gasteiger partial charge in [-0.3, -0.25) is 4.79 Å². The molecule has 0 saturated carbocycles. The summed E-state index contributed by atoms with van der Waals surface area (Å²) in [7, 11) is 0. The molecule has 0 rings (SSSR count). The van der Waals surface area contributed by atoms with E-state index in [1.54, 1.807) is 0 Å². The Hall–Kier alpha value is -1.11. The SMILES string of the molecule is CCCC/C=C/C=C/C=C\CCCCCCCC(=O)C(C)C. The first kappa shape index (κ1) is 20.9. The minimum Gasteiger partial charge on any atom is -0.299 e. The monoisotopic (exact) mass is 304 g/mol. The predicted octanol–water partition coefficient (Wildman–Crippen LogP) is 6.80. The summed E-state index contributed by atoms with van der Waals surface area (Å²) in [6, 6.07) is 0. The highest BCUT2D eigenvalue weighted by atomic mass is 16.1. The number of carbonyl (C=O) groups is 1. The fraction of sp³-hybridized carbons (Fsp3) is 0.667. The van der Waals surface area contributed by atoms with Crippen molar-refractivity contribution in [1.29, 1.82) is 0 Å². The van der Waals surface area contributed by atoms with Gasteiger partial charge >= 0.3 is 0 Å². The molecular formula is C21H36O. The van der Waals surface area contributed by atoms with Crippen LogP contribution in [0.2, 0.25) is 0 Å². The Bertz CT molecular complexity index is 334. The zero-order valence-electron chi connectivity index (χ0n) is 15.0. The van der Waals surface area contributed by atoms with Crippen molar-refractivity contribution in [2.75, 3.05) is 0 Å². The van der Waals surface area contributed by atoms with E-state index in [0.29, 0.717) is 5.78 Å². The molecule has 0 saturated heterocycles. The second kappa shape index (κ2) is 16.3. The Morgan fingerprint density at radius 1 is 0.773 bits per heavy atom. The molecule has 1 heteroatoms. The number of Topliss-reactive ketones (excluding diaryl/α,β-unsaturated/α-hetero) is 1. The minimum absolute atomic E-state index is 0.208. The van der Waals surface area contributed by atoms with Crippen molar-refractivity contribution in [3.05, 3.63) is 36.5 Å². The van der Waals surface area contributed by atoms with Gasteiger partial charge in [0.15, 0.2) is 0 Å². The van der Waals surface area contributed by atoms with Gasteiger partial charge in [0.05, 0.1) is 0 Å². The lowest BCUT2D eigenvalue weighted by Gasteiger charge is -2.03. The largest absolute Gasteiger partial charge is 0.299 e. The van der Waals surface area contributed by atoms with Crippen molar-refractivity contribution >= 4 is 5.78 Å². The summed E-state index contributed by atoms with van der Waals surface area (Å²) in [4.78, 5) is 11.5.